The van der Waals surface area contributed by atoms with Gasteiger partial charge >= 0.3 is 0 Å². The van der Waals surface area contributed by atoms with Crippen LogP contribution < -0.4 is 0 Å². The topological polar surface area (TPSA) is 54.4 Å². The van der Waals surface area contributed by atoms with Crippen LogP contribution in [0.3, 0.4) is 0 Å². The van der Waals surface area contributed by atoms with Crippen molar-refractivity contribution < 1.29 is 14.7 Å². The maximum atomic E-state index is 14.3. The van der Waals surface area contributed by atoms with E-state index in [0.717, 1.165) is 51.4 Å². The van der Waals surface area contributed by atoms with Crippen molar-refractivity contribution in [3.63, 3.8) is 0 Å². The van der Waals surface area contributed by atoms with Crippen LogP contribution in [-0.4, -0.2) is 23.3 Å². The standard InChI is InChI=1S/C31H48O3/c1-19-16-28(6)23(27(4,5)25(19)34)9-10-30(8)24(28)22(33)15-20-21-17-26(2,3)11-13-31(21,18-32)14-12-29(20,30)7/h15,19,21,23-24,32H,9-14,16-18H2,1-8H3/t19?,21-,23?,24-,28+,29-,30-,31-/m1/s1. The van der Waals surface area contributed by atoms with Crippen molar-refractivity contribution in [1.29, 1.82) is 0 Å². The first-order chi connectivity index (χ1) is 15.6. The Morgan fingerprint density at radius 2 is 1.56 bits per heavy atom. The SMILES string of the molecule is CC1C[C@@]2(C)C(CC[C@]3(C)[C@@H]2C(=O)C=C2[C@H]4CC(C)(C)CC[C@]4(CO)CC[C@]23C)C(C)(C)C1=O. The average Bonchev–Trinajstić information content (AvgIpc) is 2.73. The summed E-state index contributed by atoms with van der Waals surface area (Å²) in [6.45, 7) is 18.6. The highest BCUT2D eigenvalue weighted by molar-refractivity contribution is 5.96. The number of carbonyl (C=O) groups is 2. The molecule has 0 aliphatic heterocycles. The molecule has 34 heavy (non-hydrogen) atoms. The van der Waals surface area contributed by atoms with Crippen LogP contribution in [-0.2, 0) is 9.59 Å². The number of hydrogen-bond donors (Lipinski definition) is 1. The lowest BCUT2D eigenvalue weighted by molar-refractivity contribution is -0.194. The van der Waals surface area contributed by atoms with E-state index in [0.29, 0.717) is 17.5 Å². The van der Waals surface area contributed by atoms with Gasteiger partial charge in [-0.15, -0.1) is 0 Å². The molecule has 4 saturated carbocycles. The highest BCUT2D eigenvalue weighted by Crippen LogP contribution is 2.75. The van der Waals surface area contributed by atoms with E-state index in [-0.39, 0.29) is 56.9 Å². The summed E-state index contributed by atoms with van der Waals surface area (Å²) < 4.78 is 0. The Hall–Kier alpha value is -0.960. The third kappa shape index (κ3) is 2.86. The zero-order valence-corrected chi connectivity index (χ0v) is 23.0. The minimum Gasteiger partial charge on any atom is -0.396 e. The molecule has 2 unspecified atom stereocenters. The summed E-state index contributed by atoms with van der Waals surface area (Å²) in [7, 11) is 0. The summed E-state index contributed by atoms with van der Waals surface area (Å²) in [5.74, 6) is 1.25. The van der Waals surface area contributed by atoms with Crippen molar-refractivity contribution in [2.45, 2.75) is 107 Å². The molecule has 0 amide bonds. The van der Waals surface area contributed by atoms with Gasteiger partial charge in [0, 0.05) is 29.3 Å². The fourth-order valence-electron chi connectivity index (χ4n) is 10.9. The van der Waals surface area contributed by atoms with Crippen LogP contribution in [0.1, 0.15) is 107 Å². The van der Waals surface area contributed by atoms with Gasteiger partial charge in [0.2, 0.25) is 0 Å². The molecule has 3 heteroatoms. The van der Waals surface area contributed by atoms with Crippen LogP contribution in [0.2, 0.25) is 0 Å². The molecule has 3 nitrogen and oxygen atoms in total. The predicted octanol–water partition coefficient (Wildman–Crippen LogP) is 6.77. The number of Topliss-reactive ketones (excluding diaryl/α,β-unsaturated/α-hetero) is 1. The van der Waals surface area contributed by atoms with Crippen LogP contribution in [0.25, 0.3) is 0 Å². The maximum Gasteiger partial charge on any atom is 0.159 e. The van der Waals surface area contributed by atoms with Crippen LogP contribution in [0.4, 0.5) is 0 Å². The quantitative estimate of drug-likeness (QED) is 0.462. The smallest absolute Gasteiger partial charge is 0.159 e. The Kier molecular flexibility index (Phi) is 5.15. The Morgan fingerprint density at radius 3 is 2.21 bits per heavy atom. The van der Waals surface area contributed by atoms with Crippen molar-refractivity contribution >= 4 is 11.6 Å². The molecule has 0 aromatic heterocycles. The van der Waals surface area contributed by atoms with E-state index in [2.05, 4.69) is 61.5 Å². The van der Waals surface area contributed by atoms with E-state index >= 15 is 0 Å². The van der Waals surface area contributed by atoms with Crippen LogP contribution >= 0.6 is 0 Å². The van der Waals surface area contributed by atoms with E-state index in [1.165, 1.54) is 5.57 Å². The molecule has 1 N–H and O–H groups in total. The van der Waals surface area contributed by atoms with E-state index in [1.807, 2.05) is 0 Å². The molecule has 4 fully saturated rings. The minimum atomic E-state index is -0.370. The van der Waals surface area contributed by atoms with Crippen molar-refractivity contribution in [1.82, 2.24) is 0 Å². The first-order valence-corrected chi connectivity index (χ1v) is 14.0. The first kappa shape index (κ1) is 24.7. The number of rotatable bonds is 1. The molecule has 0 spiro atoms. The van der Waals surface area contributed by atoms with Crippen molar-refractivity contribution in [3.05, 3.63) is 11.6 Å². The van der Waals surface area contributed by atoms with Crippen molar-refractivity contribution in [2.75, 3.05) is 6.61 Å². The van der Waals surface area contributed by atoms with Gasteiger partial charge < -0.3 is 5.11 Å². The minimum absolute atomic E-state index is 0.0112. The third-order valence-corrected chi connectivity index (χ3v) is 12.8. The molecule has 0 bridgehead atoms. The van der Waals surface area contributed by atoms with E-state index < -0.39 is 0 Å². The molecule has 0 aromatic rings. The summed E-state index contributed by atoms with van der Waals surface area (Å²) in [5, 5.41) is 10.6. The lowest BCUT2D eigenvalue weighted by atomic mass is 9.33. The fourth-order valence-corrected chi connectivity index (χ4v) is 10.9. The lowest BCUT2D eigenvalue weighted by Gasteiger charge is -2.70. The van der Waals surface area contributed by atoms with E-state index in [1.54, 1.807) is 0 Å². The Balaban J connectivity index is 1.65. The van der Waals surface area contributed by atoms with Crippen LogP contribution in [0.15, 0.2) is 11.6 Å². The fraction of sp³-hybridized carbons (Fsp3) is 0.871. The normalized spacial score (nSPS) is 51.5. The predicted molar refractivity (Wildman–Crippen MR) is 136 cm³/mol. The zero-order chi connectivity index (χ0) is 25.1. The summed E-state index contributed by atoms with van der Waals surface area (Å²) in [5.41, 5.74) is 0.915. The molecule has 5 aliphatic rings. The van der Waals surface area contributed by atoms with Crippen LogP contribution in [0.5, 0.6) is 0 Å². The number of aliphatic hydroxyl groups is 1. The molecule has 5 rings (SSSR count). The summed E-state index contributed by atoms with van der Waals surface area (Å²) in [6.07, 6.45) is 10.4. The third-order valence-electron chi connectivity index (χ3n) is 12.8. The van der Waals surface area contributed by atoms with Gasteiger partial charge in [0.25, 0.3) is 0 Å². The van der Waals surface area contributed by atoms with Gasteiger partial charge in [0.15, 0.2) is 5.78 Å². The second-order valence-electron chi connectivity index (χ2n) is 15.4. The summed E-state index contributed by atoms with van der Waals surface area (Å²) in [6, 6.07) is 0. The monoisotopic (exact) mass is 468 g/mol. The van der Waals surface area contributed by atoms with E-state index in [9.17, 15) is 14.7 Å². The number of carbonyl (C=O) groups excluding carboxylic acids is 2. The molecular weight excluding hydrogens is 420 g/mol. The number of ketones is 2. The van der Waals surface area contributed by atoms with Crippen molar-refractivity contribution in [3.8, 4) is 0 Å². The molecular formula is C31H48O3. The maximum absolute atomic E-state index is 14.3. The second-order valence-corrected chi connectivity index (χ2v) is 15.4. The highest BCUT2D eigenvalue weighted by Gasteiger charge is 2.70. The molecule has 190 valence electrons. The van der Waals surface area contributed by atoms with Gasteiger partial charge in [-0.05, 0) is 90.9 Å². The lowest BCUT2D eigenvalue weighted by Crippen LogP contribution is -2.67. The number of aliphatic hydroxyl groups excluding tert-OH is 1. The largest absolute Gasteiger partial charge is 0.396 e. The van der Waals surface area contributed by atoms with Gasteiger partial charge in [-0.25, -0.2) is 0 Å². The highest BCUT2D eigenvalue weighted by atomic mass is 16.3. The molecule has 8 atom stereocenters. The Labute approximate surface area is 207 Å². The second kappa shape index (κ2) is 7.08. The van der Waals surface area contributed by atoms with Gasteiger partial charge in [-0.2, -0.15) is 0 Å². The van der Waals surface area contributed by atoms with Gasteiger partial charge in [0.05, 0.1) is 0 Å². The van der Waals surface area contributed by atoms with Crippen LogP contribution in [0, 0.1) is 56.2 Å². The average molecular weight is 469 g/mol. The zero-order valence-electron chi connectivity index (χ0n) is 23.0. The molecule has 0 saturated heterocycles. The number of allylic oxidation sites excluding steroid dienone is 2. The van der Waals surface area contributed by atoms with Gasteiger partial charge in [-0.3, -0.25) is 9.59 Å². The van der Waals surface area contributed by atoms with Gasteiger partial charge in [-0.1, -0.05) is 61.0 Å². The number of hydrogen-bond acceptors (Lipinski definition) is 3. The van der Waals surface area contributed by atoms with Crippen molar-refractivity contribution in [2.24, 2.45) is 56.2 Å². The molecule has 0 radical (unpaired) electrons. The van der Waals surface area contributed by atoms with Gasteiger partial charge in [0.1, 0.15) is 5.78 Å². The molecule has 0 aromatic carbocycles. The molecule has 5 aliphatic carbocycles. The number of fused-ring (bicyclic) bond motifs is 7. The summed E-state index contributed by atoms with van der Waals surface area (Å²) in [4.78, 5) is 27.5. The summed E-state index contributed by atoms with van der Waals surface area (Å²) >= 11 is 0. The first-order valence-electron chi connectivity index (χ1n) is 14.0. The molecule has 0 heterocycles. The van der Waals surface area contributed by atoms with E-state index in [4.69, 9.17) is 0 Å². The Bertz CT molecular complexity index is 958. The Morgan fingerprint density at radius 1 is 0.912 bits per heavy atom.